The third-order valence-electron chi connectivity index (χ3n) is 5.72. The summed E-state index contributed by atoms with van der Waals surface area (Å²) in [5.41, 5.74) is 1.87. The Kier molecular flexibility index (Phi) is 6.47. The number of hydrogen-bond acceptors (Lipinski definition) is 6. The molecule has 3 aromatic rings. The molecule has 4 rings (SSSR count). The number of benzene rings is 2. The molecule has 0 N–H and O–H groups in total. The van der Waals surface area contributed by atoms with Crippen LogP contribution in [0.1, 0.15) is 16.1 Å². The fraction of sp³-hybridized carbons (Fsp3) is 0.304. The number of pyridine rings is 1. The Morgan fingerprint density at radius 1 is 0.970 bits per heavy atom. The van der Waals surface area contributed by atoms with Gasteiger partial charge in [-0.3, -0.25) is 9.78 Å². The van der Waals surface area contributed by atoms with Crippen LogP contribution in [0.2, 0.25) is 5.02 Å². The molecule has 174 valence electrons. The number of aryl methyl sites for hydroxylation is 1. The molecule has 10 heteroatoms. The molecule has 2 heterocycles. The minimum Gasteiger partial charge on any atom is -0.493 e. The lowest BCUT2D eigenvalue weighted by molar-refractivity contribution is 0.0697. The summed E-state index contributed by atoms with van der Waals surface area (Å²) in [6, 6.07) is 11.6. The van der Waals surface area contributed by atoms with E-state index in [1.807, 2.05) is 6.07 Å². The van der Waals surface area contributed by atoms with Gasteiger partial charge < -0.3 is 14.4 Å². The maximum Gasteiger partial charge on any atom is 0.255 e. The highest BCUT2D eigenvalue weighted by molar-refractivity contribution is 7.89. The summed E-state index contributed by atoms with van der Waals surface area (Å²) in [5.74, 6) is 0.615. The van der Waals surface area contributed by atoms with Gasteiger partial charge in [0.1, 0.15) is 0 Å². The number of amides is 1. The summed E-state index contributed by atoms with van der Waals surface area (Å²) < 4.78 is 38.1. The van der Waals surface area contributed by atoms with Crippen LogP contribution in [0.3, 0.4) is 0 Å². The second-order valence-electron chi connectivity index (χ2n) is 7.67. The van der Waals surface area contributed by atoms with Gasteiger partial charge in [0, 0.05) is 42.7 Å². The molecule has 2 aromatic carbocycles. The van der Waals surface area contributed by atoms with Crippen molar-refractivity contribution in [3.8, 4) is 11.5 Å². The molecule has 0 unspecified atom stereocenters. The van der Waals surface area contributed by atoms with E-state index >= 15 is 0 Å². The molecule has 1 aliphatic heterocycles. The Morgan fingerprint density at radius 3 is 2.33 bits per heavy atom. The molecule has 1 fully saturated rings. The quantitative estimate of drug-likeness (QED) is 0.546. The Hall–Kier alpha value is -2.88. The van der Waals surface area contributed by atoms with Gasteiger partial charge in [0.2, 0.25) is 10.0 Å². The fourth-order valence-corrected chi connectivity index (χ4v) is 5.51. The molecule has 33 heavy (non-hydrogen) atoms. The van der Waals surface area contributed by atoms with Crippen molar-refractivity contribution in [3.05, 3.63) is 58.7 Å². The fourth-order valence-electron chi connectivity index (χ4n) is 3.89. The summed E-state index contributed by atoms with van der Waals surface area (Å²) in [4.78, 5) is 19.5. The zero-order chi connectivity index (χ0) is 23.8. The third-order valence-corrected chi connectivity index (χ3v) is 7.85. The molecule has 0 aliphatic carbocycles. The van der Waals surface area contributed by atoms with E-state index in [0.717, 1.165) is 10.9 Å². The van der Waals surface area contributed by atoms with Crippen LogP contribution in [0.5, 0.6) is 11.5 Å². The van der Waals surface area contributed by atoms with Crippen LogP contribution in [0.25, 0.3) is 10.9 Å². The topological polar surface area (TPSA) is 89.0 Å². The maximum atomic E-state index is 13.2. The predicted molar refractivity (Wildman–Crippen MR) is 126 cm³/mol. The van der Waals surface area contributed by atoms with Crippen molar-refractivity contribution in [2.24, 2.45) is 0 Å². The van der Waals surface area contributed by atoms with Gasteiger partial charge in [-0.2, -0.15) is 4.31 Å². The highest BCUT2D eigenvalue weighted by Gasteiger charge is 2.31. The van der Waals surface area contributed by atoms with Crippen LogP contribution in [-0.4, -0.2) is 68.9 Å². The van der Waals surface area contributed by atoms with E-state index in [9.17, 15) is 13.2 Å². The van der Waals surface area contributed by atoms with Crippen LogP contribution in [-0.2, 0) is 10.0 Å². The highest BCUT2D eigenvalue weighted by Crippen LogP contribution is 2.31. The third kappa shape index (κ3) is 4.48. The number of hydrogen-bond donors (Lipinski definition) is 0. The predicted octanol–water partition coefficient (Wildman–Crippen LogP) is 3.36. The number of piperazine rings is 1. The number of aromatic nitrogens is 1. The molecule has 0 atom stereocenters. The van der Waals surface area contributed by atoms with Gasteiger partial charge in [0.25, 0.3) is 5.91 Å². The second-order valence-corrected chi connectivity index (χ2v) is 10.0. The summed E-state index contributed by atoms with van der Waals surface area (Å²) in [6.45, 7) is 2.72. The second kappa shape index (κ2) is 9.17. The molecule has 0 bridgehead atoms. The SMILES string of the molecule is COc1ccc(S(=O)(=O)N2CCN(C(=O)c3cc4cc(Cl)ccc4nc3C)CC2)cc1OC. The van der Waals surface area contributed by atoms with Crippen LogP contribution >= 0.6 is 11.6 Å². The first kappa shape index (κ1) is 23.3. The smallest absolute Gasteiger partial charge is 0.255 e. The number of rotatable bonds is 5. The Morgan fingerprint density at radius 2 is 1.67 bits per heavy atom. The lowest BCUT2D eigenvalue weighted by Gasteiger charge is -2.34. The standard InChI is InChI=1S/C23H24ClN3O5S/c1-15-19(13-16-12-17(24)4-6-20(16)25-15)23(28)26-8-10-27(11-9-26)33(29,30)18-5-7-21(31-2)22(14-18)32-3/h4-7,12-14H,8-11H2,1-3H3. The summed E-state index contributed by atoms with van der Waals surface area (Å²) >= 11 is 6.08. The minimum atomic E-state index is -3.74. The first-order valence-corrected chi connectivity index (χ1v) is 12.1. The number of fused-ring (bicyclic) bond motifs is 1. The lowest BCUT2D eigenvalue weighted by atomic mass is 10.1. The molecular formula is C23H24ClN3O5S. The molecule has 1 saturated heterocycles. The van der Waals surface area contributed by atoms with Crippen molar-refractivity contribution in [2.45, 2.75) is 11.8 Å². The molecule has 1 amide bonds. The van der Waals surface area contributed by atoms with Gasteiger partial charge >= 0.3 is 0 Å². The van der Waals surface area contributed by atoms with Gasteiger partial charge in [-0.05, 0) is 43.3 Å². The highest BCUT2D eigenvalue weighted by atomic mass is 35.5. The zero-order valence-corrected chi connectivity index (χ0v) is 20.1. The lowest BCUT2D eigenvalue weighted by Crippen LogP contribution is -2.50. The van der Waals surface area contributed by atoms with Crippen molar-refractivity contribution in [1.82, 2.24) is 14.2 Å². The van der Waals surface area contributed by atoms with E-state index in [0.29, 0.717) is 27.8 Å². The summed E-state index contributed by atoms with van der Waals surface area (Å²) in [7, 11) is -0.798. The van der Waals surface area contributed by atoms with Crippen LogP contribution < -0.4 is 9.47 Å². The van der Waals surface area contributed by atoms with Crippen molar-refractivity contribution in [2.75, 3.05) is 40.4 Å². The normalized spacial score (nSPS) is 15.0. The summed E-state index contributed by atoms with van der Waals surface area (Å²) in [6.07, 6.45) is 0. The summed E-state index contributed by atoms with van der Waals surface area (Å²) in [5, 5.41) is 1.35. The first-order valence-electron chi connectivity index (χ1n) is 10.3. The molecule has 0 saturated carbocycles. The van der Waals surface area contributed by atoms with E-state index in [1.165, 1.54) is 30.7 Å². The average molecular weight is 490 g/mol. The van der Waals surface area contributed by atoms with Crippen molar-refractivity contribution >= 4 is 38.4 Å². The molecule has 1 aromatic heterocycles. The van der Waals surface area contributed by atoms with E-state index < -0.39 is 10.0 Å². The van der Waals surface area contributed by atoms with Gasteiger partial charge in [-0.15, -0.1) is 0 Å². The van der Waals surface area contributed by atoms with E-state index in [-0.39, 0.29) is 37.0 Å². The minimum absolute atomic E-state index is 0.117. The number of sulfonamides is 1. The Bertz CT molecular complexity index is 1320. The molecule has 8 nitrogen and oxygen atoms in total. The monoisotopic (exact) mass is 489 g/mol. The van der Waals surface area contributed by atoms with Crippen LogP contribution in [0.15, 0.2) is 47.4 Å². The van der Waals surface area contributed by atoms with Crippen molar-refractivity contribution in [3.63, 3.8) is 0 Å². The Labute approximate surface area is 197 Å². The molecule has 0 spiro atoms. The number of nitrogens with zero attached hydrogens (tertiary/aromatic N) is 3. The number of ether oxygens (including phenoxy) is 2. The van der Waals surface area contributed by atoms with Crippen LogP contribution in [0.4, 0.5) is 0 Å². The first-order chi connectivity index (χ1) is 15.7. The molecule has 0 radical (unpaired) electrons. The van der Waals surface area contributed by atoms with Gasteiger partial charge in [0.05, 0.1) is 35.9 Å². The maximum absolute atomic E-state index is 13.2. The van der Waals surface area contributed by atoms with Gasteiger partial charge in [-0.25, -0.2) is 8.42 Å². The van der Waals surface area contributed by atoms with Crippen LogP contribution in [0, 0.1) is 6.92 Å². The Balaban J connectivity index is 1.51. The van der Waals surface area contributed by atoms with Gasteiger partial charge in [-0.1, -0.05) is 11.6 Å². The largest absolute Gasteiger partial charge is 0.493 e. The van der Waals surface area contributed by atoms with E-state index in [1.54, 1.807) is 36.1 Å². The van der Waals surface area contributed by atoms with E-state index in [4.69, 9.17) is 21.1 Å². The number of carbonyl (C=O) groups excluding carboxylic acids is 1. The zero-order valence-electron chi connectivity index (χ0n) is 18.5. The van der Waals surface area contributed by atoms with E-state index in [2.05, 4.69) is 4.98 Å². The number of halogens is 1. The molecular weight excluding hydrogens is 466 g/mol. The average Bonchev–Trinajstić information content (AvgIpc) is 2.83. The van der Waals surface area contributed by atoms with Crippen molar-refractivity contribution in [1.29, 1.82) is 0 Å². The number of carbonyl (C=O) groups is 1. The number of methoxy groups -OCH3 is 2. The molecule has 1 aliphatic rings. The van der Waals surface area contributed by atoms with Gasteiger partial charge in [0.15, 0.2) is 11.5 Å². The van der Waals surface area contributed by atoms with Crippen molar-refractivity contribution < 1.29 is 22.7 Å².